The number of phenolic OH excluding ortho intramolecular Hbond substituents is 1. The number of aromatic hydroxyl groups is 1. The molecular weight excluding hydrogens is 300 g/mol. The van der Waals surface area contributed by atoms with Crippen LogP contribution in [0.5, 0.6) is 5.75 Å². The van der Waals surface area contributed by atoms with Crippen LogP contribution in [-0.2, 0) is 0 Å². The number of benzene rings is 3. The first-order valence-electron chi connectivity index (χ1n) is 7.92. The maximum Gasteiger partial charge on any atom is 0.323 e. The Morgan fingerprint density at radius 1 is 0.958 bits per heavy atom. The van der Waals surface area contributed by atoms with Gasteiger partial charge in [0.15, 0.2) is 0 Å². The van der Waals surface area contributed by atoms with Gasteiger partial charge in [-0.1, -0.05) is 44.2 Å². The number of phenols is 1. The SMILES string of the molecule is CC(C)c1ccc(NC(=O)Nc2cccc3ccc(O)cc23)cc1. The van der Waals surface area contributed by atoms with Crippen LogP contribution in [0.2, 0.25) is 0 Å². The molecule has 3 rings (SSSR count). The predicted molar refractivity (Wildman–Crippen MR) is 98.8 cm³/mol. The van der Waals surface area contributed by atoms with Crippen LogP contribution >= 0.6 is 0 Å². The molecule has 2 amide bonds. The second kappa shape index (κ2) is 6.62. The minimum Gasteiger partial charge on any atom is -0.508 e. The molecule has 4 heteroatoms. The van der Waals surface area contributed by atoms with Gasteiger partial charge in [0, 0.05) is 11.1 Å². The van der Waals surface area contributed by atoms with E-state index < -0.39 is 0 Å². The van der Waals surface area contributed by atoms with Crippen molar-refractivity contribution >= 4 is 28.2 Å². The van der Waals surface area contributed by atoms with Gasteiger partial charge in [0.25, 0.3) is 0 Å². The summed E-state index contributed by atoms with van der Waals surface area (Å²) in [6.07, 6.45) is 0. The van der Waals surface area contributed by atoms with Crippen molar-refractivity contribution in [3.63, 3.8) is 0 Å². The van der Waals surface area contributed by atoms with Crippen LogP contribution in [0.4, 0.5) is 16.2 Å². The molecule has 0 aliphatic heterocycles. The molecule has 0 fully saturated rings. The van der Waals surface area contributed by atoms with Gasteiger partial charge in [-0.2, -0.15) is 0 Å². The monoisotopic (exact) mass is 320 g/mol. The Morgan fingerprint density at radius 2 is 1.71 bits per heavy atom. The van der Waals surface area contributed by atoms with Crippen molar-refractivity contribution in [1.82, 2.24) is 0 Å². The lowest BCUT2D eigenvalue weighted by Gasteiger charge is -2.11. The molecule has 24 heavy (non-hydrogen) atoms. The summed E-state index contributed by atoms with van der Waals surface area (Å²) in [7, 11) is 0. The quantitative estimate of drug-likeness (QED) is 0.612. The minimum absolute atomic E-state index is 0.168. The van der Waals surface area contributed by atoms with Gasteiger partial charge < -0.3 is 15.7 Å². The Bertz CT molecular complexity index is 870. The van der Waals surface area contributed by atoms with Crippen LogP contribution in [0.15, 0.2) is 60.7 Å². The van der Waals surface area contributed by atoms with Crippen LogP contribution in [-0.4, -0.2) is 11.1 Å². The summed E-state index contributed by atoms with van der Waals surface area (Å²) < 4.78 is 0. The van der Waals surface area contributed by atoms with Gasteiger partial charge in [0.05, 0.1) is 5.69 Å². The lowest BCUT2D eigenvalue weighted by Crippen LogP contribution is -2.19. The van der Waals surface area contributed by atoms with Crippen molar-refractivity contribution in [2.75, 3.05) is 10.6 Å². The third-order valence-corrected chi connectivity index (χ3v) is 3.95. The fraction of sp³-hybridized carbons (Fsp3) is 0.150. The molecule has 0 aromatic heterocycles. The minimum atomic E-state index is -0.317. The Labute approximate surface area is 141 Å². The Morgan fingerprint density at radius 3 is 2.42 bits per heavy atom. The number of anilines is 2. The molecule has 0 aliphatic carbocycles. The molecule has 0 unspecified atom stereocenters. The number of nitrogens with one attached hydrogen (secondary N) is 2. The van der Waals surface area contributed by atoms with Crippen molar-refractivity contribution in [2.45, 2.75) is 19.8 Å². The van der Waals surface area contributed by atoms with E-state index in [0.717, 1.165) is 16.5 Å². The van der Waals surface area contributed by atoms with Gasteiger partial charge in [-0.15, -0.1) is 0 Å². The zero-order valence-electron chi connectivity index (χ0n) is 13.7. The van der Waals surface area contributed by atoms with E-state index in [9.17, 15) is 9.90 Å². The number of amides is 2. The van der Waals surface area contributed by atoms with Gasteiger partial charge in [-0.3, -0.25) is 0 Å². The molecule has 3 aromatic rings. The molecule has 0 aliphatic rings. The first-order chi connectivity index (χ1) is 11.5. The average Bonchev–Trinajstić information content (AvgIpc) is 2.56. The van der Waals surface area contributed by atoms with Crippen molar-refractivity contribution in [3.8, 4) is 5.75 Å². The van der Waals surface area contributed by atoms with Gasteiger partial charge in [0.1, 0.15) is 5.75 Å². The maximum atomic E-state index is 12.2. The summed E-state index contributed by atoms with van der Waals surface area (Å²) in [5.41, 5.74) is 2.62. The smallest absolute Gasteiger partial charge is 0.323 e. The average molecular weight is 320 g/mol. The van der Waals surface area contributed by atoms with Crippen molar-refractivity contribution < 1.29 is 9.90 Å². The first-order valence-corrected chi connectivity index (χ1v) is 7.92. The van der Waals surface area contributed by atoms with Gasteiger partial charge >= 0.3 is 6.03 Å². The molecule has 0 saturated carbocycles. The van der Waals surface area contributed by atoms with E-state index in [-0.39, 0.29) is 11.8 Å². The van der Waals surface area contributed by atoms with E-state index in [1.807, 2.05) is 48.5 Å². The Balaban J connectivity index is 1.76. The predicted octanol–water partition coefficient (Wildman–Crippen LogP) is 5.31. The molecule has 3 N–H and O–H groups in total. The molecule has 0 atom stereocenters. The number of carbonyl (C=O) groups is 1. The topological polar surface area (TPSA) is 61.4 Å². The zero-order chi connectivity index (χ0) is 17.1. The number of hydrogen-bond donors (Lipinski definition) is 3. The molecule has 0 spiro atoms. The number of rotatable bonds is 3. The Hall–Kier alpha value is -3.01. The summed E-state index contributed by atoms with van der Waals surface area (Å²) >= 11 is 0. The molecule has 4 nitrogen and oxygen atoms in total. The van der Waals surface area contributed by atoms with Crippen molar-refractivity contribution in [1.29, 1.82) is 0 Å². The van der Waals surface area contributed by atoms with E-state index in [1.54, 1.807) is 12.1 Å². The van der Waals surface area contributed by atoms with Crippen LogP contribution in [0.1, 0.15) is 25.3 Å². The van der Waals surface area contributed by atoms with Crippen LogP contribution in [0, 0.1) is 0 Å². The highest BCUT2D eigenvalue weighted by atomic mass is 16.3. The standard InChI is InChI=1S/C20H20N2O2/c1-13(2)14-6-9-16(10-7-14)21-20(24)22-19-5-3-4-15-8-11-17(23)12-18(15)19/h3-13,23H,1-2H3,(H2,21,22,24). The van der Waals surface area contributed by atoms with E-state index in [0.29, 0.717) is 11.6 Å². The molecule has 122 valence electrons. The summed E-state index contributed by atoms with van der Waals surface area (Å²) in [5.74, 6) is 0.623. The Kier molecular flexibility index (Phi) is 4.38. The molecular formula is C20H20N2O2. The van der Waals surface area contributed by atoms with Gasteiger partial charge in [-0.05, 0) is 47.2 Å². The molecule has 0 saturated heterocycles. The summed E-state index contributed by atoms with van der Waals surface area (Å²) in [6.45, 7) is 4.26. The third kappa shape index (κ3) is 3.49. The molecule has 0 radical (unpaired) electrons. The van der Waals surface area contributed by atoms with Crippen LogP contribution < -0.4 is 10.6 Å². The number of fused-ring (bicyclic) bond motifs is 1. The highest BCUT2D eigenvalue weighted by molar-refractivity contribution is 6.06. The fourth-order valence-corrected chi connectivity index (χ4v) is 2.61. The van der Waals surface area contributed by atoms with Gasteiger partial charge in [0.2, 0.25) is 0 Å². The highest BCUT2D eigenvalue weighted by Gasteiger charge is 2.07. The van der Waals surface area contributed by atoms with E-state index in [2.05, 4.69) is 24.5 Å². The van der Waals surface area contributed by atoms with Crippen molar-refractivity contribution in [3.05, 3.63) is 66.2 Å². The normalized spacial score (nSPS) is 10.8. The summed E-state index contributed by atoms with van der Waals surface area (Å²) in [6, 6.07) is 18.2. The van der Waals surface area contributed by atoms with Crippen LogP contribution in [0.3, 0.4) is 0 Å². The maximum absolute atomic E-state index is 12.2. The summed E-state index contributed by atoms with van der Waals surface area (Å²) in [5, 5.41) is 17.1. The van der Waals surface area contributed by atoms with E-state index in [4.69, 9.17) is 0 Å². The number of hydrogen-bond acceptors (Lipinski definition) is 2. The fourth-order valence-electron chi connectivity index (χ4n) is 2.61. The lowest BCUT2D eigenvalue weighted by atomic mass is 10.0. The number of carbonyl (C=O) groups excluding carboxylic acids is 1. The second-order valence-electron chi connectivity index (χ2n) is 6.07. The highest BCUT2D eigenvalue weighted by Crippen LogP contribution is 2.27. The molecule has 0 heterocycles. The second-order valence-corrected chi connectivity index (χ2v) is 6.07. The number of urea groups is 1. The summed E-state index contributed by atoms with van der Waals surface area (Å²) in [4.78, 5) is 12.2. The lowest BCUT2D eigenvalue weighted by molar-refractivity contribution is 0.262. The largest absolute Gasteiger partial charge is 0.508 e. The van der Waals surface area contributed by atoms with Crippen molar-refractivity contribution in [2.24, 2.45) is 0 Å². The molecule has 3 aromatic carbocycles. The van der Waals surface area contributed by atoms with Crippen LogP contribution in [0.25, 0.3) is 10.8 Å². The zero-order valence-corrected chi connectivity index (χ0v) is 13.7. The van der Waals surface area contributed by atoms with E-state index in [1.165, 1.54) is 5.56 Å². The van der Waals surface area contributed by atoms with E-state index >= 15 is 0 Å². The first kappa shape index (κ1) is 15.9. The van der Waals surface area contributed by atoms with Gasteiger partial charge in [-0.25, -0.2) is 4.79 Å². The third-order valence-electron chi connectivity index (χ3n) is 3.95. The molecule has 0 bridgehead atoms.